The first kappa shape index (κ1) is 11.9. The number of thioether (sulfide) groups is 1. The highest BCUT2D eigenvalue weighted by Gasteiger charge is 2.36. The first-order valence-electron chi connectivity index (χ1n) is 5.01. The second-order valence-electron chi connectivity index (χ2n) is 3.74. The molecule has 1 unspecified atom stereocenters. The monoisotopic (exact) mass is 262 g/mol. The number of sulfonamides is 1. The van der Waals surface area contributed by atoms with Gasteiger partial charge in [-0.2, -0.15) is 4.31 Å². The van der Waals surface area contributed by atoms with E-state index in [9.17, 15) is 8.42 Å². The van der Waals surface area contributed by atoms with E-state index in [1.54, 1.807) is 25.6 Å². The van der Waals surface area contributed by atoms with Crippen LogP contribution in [0.3, 0.4) is 0 Å². The molecule has 16 heavy (non-hydrogen) atoms. The summed E-state index contributed by atoms with van der Waals surface area (Å²) in [6.45, 7) is 5.73. The SMILES string of the molecule is Cc1noc(C)c1S(=O)(=O)N1CCSC1C. The van der Waals surface area contributed by atoms with Gasteiger partial charge in [0, 0.05) is 12.3 Å². The van der Waals surface area contributed by atoms with Crippen molar-refractivity contribution in [3.05, 3.63) is 11.5 Å². The molecule has 0 radical (unpaired) electrons. The summed E-state index contributed by atoms with van der Waals surface area (Å²) in [6.07, 6.45) is 0. The number of hydrogen-bond donors (Lipinski definition) is 0. The highest BCUT2D eigenvalue weighted by atomic mass is 32.2. The van der Waals surface area contributed by atoms with E-state index in [0.29, 0.717) is 18.0 Å². The number of nitrogens with zero attached hydrogens (tertiary/aromatic N) is 2. The molecule has 1 aliphatic rings. The number of aromatic nitrogens is 1. The maximum absolute atomic E-state index is 12.4. The van der Waals surface area contributed by atoms with Crippen LogP contribution in [0, 0.1) is 13.8 Å². The summed E-state index contributed by atoms with van der Waals surface area (Å²) in [7, 11) is -3.45. The quantitative estimate of drug-likeness (QED) is 0.805. The fourth-order valence-electron chi connectivity index (χ4n) is 1.85. The van der Waals surface area contributed by atoms with E-state index < -0.39 is 10.0 Å². The summed E-state index contributed by atoms with van der Waals surface area (Å²) in [5, 5.41) is 3.68. The predicted octanol–water partition coefficient (Wildman–Crippen LogP) is 1.37. The fourth-order valence-corrected chi connectivity index (χ4v) is 5.17. The first-order chi connectivity index (χ1) is 7.44. The maximum atomic E-state index is 12.4. The molecule has 5 nitrogen and oxygen atoms in total. The Morgan fingerprint density at radius 2 is 2.19 bits per heavy atom. The predicted molar refractivity (Wildman–Crippen MR) is 61.8 cm³/mol. The third-order valence-electron chi connectivity index (χ3n) is 2.61. The van der Waals surface area contributed by atoms with Gasteiger partial charge < -0.3 is 4.52 Å². The third kappa shape index (κ3) is 1.76. The largest absolute Gasteiger partial charge is 0.360 e. The molecular formula is C9H14N2O3S2. The number of rotatable bonds is 2. The smallest absolute Gasteiger partial charge is 0.249 e. The van der Waals surface area contributed by atoms with Crippen molar-refractivity contribution in [1.29, 1.82) is 0 Å². The van der Waals surface area contributed by atoms with E-state index in [4.69, 9.17) is 4.52 Å². The normalized spacial score (nSPS) is 22.8. The van der Waals surface area contributed by atoms with Crippen molar-refractivity contribution >= 4 is 21.8 Å². The molecule has 0 bridgehead atoms. The zero-order valence-electron chi connectivity index (χ0n) is 9.43. The second kappa shape index (κ2) is 4.05. The van der Waals surface area contributed by atoms with Crippen LogP contribution in [0.1, 0.15) is 18.4 Å². The van der Waals surface area contributed by atoms with Gasteiger partial charge in [-0.3, -0.25) is 0 Å². The summed E-state index contributed by atoms with van der Waals surface area (Å²) in [6, 6.07) is 0. The van der Waals surface area contributed by atoms with E-state index in [2.05, 4.69) is 5.16 Å². The molecule has 0 aliphatic carbocycles. The molecule has 7 heteroatoms. The van der Waals surface area contributed by atoms with Gasteiger partial charge in [0.2, 0.25) is 10.0 Å². The van der Waals surface area contributed by atoms with Crippen LogP contribution in [0.25, 0.3) is 0 Å². The van der Waals surface area contributed by atoms with Crippen molar-refractivity contribution in [3.8, 4) is 0 Å². The van der Waals surface area contributed by atoms with Crippen LogP contribution in [0.15, 0.2) is 9.42 Å². The molecule has 0 N–H and O–H groups in total. The summed E-state index contributed by atoms with van der Waals surface area (Å²) in [4.78, 5) is 0.224. The molecule has 0 aromatic carbocycles. The lowest BCUT2D eigenvalue weighted by Crippen LogP contribution is -2.33. The molecule has 1 aromatic rings. The maximum Gasteiger partial charge on any atom is 0.249 e. The van der Waals surface area contributed by atoms with Gasteiger partial charge in [0.25, 0.3) is 0 Å². The van der Waals surface area contributed by atoms with E-state index in [1.165, 1.54) is 4.31 Å². The Bertz CT molecular complexity index is 475. The molecular weight excluding hydrogens is 248 g/mol. The molecule has 2 heterocycles. The molecule has 0 spiro atoms. The van der Waals surface area contributed by atoms with E-state index >= 15 is 0 Å². The lowest BCUT2D eigenvalue weighted by atomic mass is 10.4. The fraction of sp³-hybridized carbons (Fsp3) is 0.667. The lowest BCUT2D eigenvalue weighted by molar-refractivity contribution is 0.389. The molecule has 1 aliphatic heterocycles. The highest BCUT2D eigenvalue weighted by Crippen LogP contribution is 2.31. The lowest BCUT2D eigenvalue weighted by Gasteiger charge is -2.19. The number of aryl methyl sites for hydroxylation is 2. The van der Waals surface area contributed by atoms with Gasteiger partial charge in [-0.1, -0.05) is 5.16 Å². The summed E-state index contributed by atoms with van der Waals surface area (Å²) >= 11 is 1.64. The third-order valence-corrected chi connectivity index (χ3v) is 6.11. The Kier molecular flexibility index (Phi) is 3.02. The second-order valence-corrected chi connectivity index (χ2v) is 6.99. The number of hydrogen-bond acceptors (Lipinski definition) is 5. The Morgan fingerprint density at radius 1 is 1.50 bits per heavy atom. The molecule has 0 amide bonds. The van der Waals surface area contributed by atoms with E-state index in [-0.39, 0.29) is 10.3 Å². The topological polar surface area (TPSA) is 63.4 Å². The minimum atomic E-state index is -3.45. The summed E-state index contributed by atoms with van der Waals surface area (Å²) < 4.78 is 31.1. The van der Waals surface area contributed by atoms with Crippen LogP contribution in [0.4, 0.5) is 0 Å². The van der Waals surface area contributed by atoms with Crippen LogP contribution >= 0.6 is 11.8 Å². The van der Waals surface area contributed by atoms with Gasteiger partial charge in [-0.15, -0.1) is 11.8 Å². The van der Waals surface area contributed by atoms with Gasteiger partial charge in [0.05, 0.1) is 5.37 Å². The van der Waals surface area contributed by atoms with Gasteiger partial charge in [-0.05, 0) is 20.8 Å². The van der Waals surface area contributed by atoms with Crippen LogP contribution in [-0.2, 0) is 10.0 Å². The van der Waals surface area contributed by atoms with Crippen LogP contribution in [0.2, 0.25) is 0 Å². The van der Waals surface area contributed by atoms with Crippen molar-refractivity contribution < 1.29 is 12.9 Å². The average molecular weight is 262 g/mol. The molecule has 1 saturated heterocycles. The molecule has 1 fully saturated rings. The Morgan fingerprint density at radius 3 is 2.62 bits per heavy atom. The van der Waals surface area contributed by atoms with Crippen LogP contribution in [-0.4, -0.2) is 35.6 Å². The van der Waals surface area contributed by atoms with Crippen molar-refractivity contribution in [2.75, 3.05) is 12.3 Å². The van der Waals surface area contributed by atoms with Crippen molar-refractivity contribution in [1.82, 2.24) is 9.46 Å². The molecule has 2 rings (SSSR count). The standard InChI is InChI=1S/C9H14N2O3S2/c1-6-9(7(2)14-10-6)16(12,13)11-4-5-15-8(11)3/h8H,4-5H2,1-3H3. The minimum Gasteiger partial charge on any atom is -0.360 e. The first-order valence-corrected chi connectivity index (χ1v) is 7.50. The van der Waals surface area contributed by atoms with Gasteiger partial charge >= 0.3 is 0 Å². The van der Waals surface area contributed by atoms with Gasteiger partial charge in [0.15, 0.2) is 5.76 Å². The zero-order valence-corrected chi connectivity index (χ0v) is 11.1. The Labute approximate surface area is 99.2 Å². The average Bonchev–Trinajstić information content (AvgIpc) is 2.73. The zero-order chi connectivity index (χ0) is 11.9. The van der Waals surface area contributed by atoms with Crippen molar-refractivity contribution in [2.24, 2.45) is 0 Å². The van der Waals surface area contributed by atoms with Crippen molar-refractivity contribution in [2.45, 2.75) is 31.0 Å². The van der Waals surface area contributed by atoms with Crippen molar-refractivity contribution in [3.63, 3.8) is 0 Å². The van der Waals surface area contributed by atoms with Crippen LogP contribution < -0.4 is 0 Å². The van der Waals surface area contributed by atoms with E-state index in [0.717, 1.165) is 5.75 Å². The van der Waals surface area contributed by atoms with Gasteiger partial charge in [0.1, 0.15) is 10.6 Å². The van der Waals surface area contributed by atoms with Gasteiger partial charge in [-0.25, -0.2) is 8.42 Å². The van der Waals surface area contributed by atoms with E-state index in [1.807, 2.05) is 6.92 Å². The highest BCUT2D eigenvalue weighted by molar-refractivity contribution is 8.01. The minimum absolute atomic E-state index is 0.0151. The summed E-state index contributed by atoms with van der Waals surface area (Å²) in [5.74, 6) is 1.20. The Hall–Kier alpha value is -0.530. The van der Waals surface area contributed by atoms with Crippen LogP contribution in [0.5, 0.6) is 0 Å². The Balaban J connectivity index is 2.47. The molecule has 1 aromatic heterocycles. The molecule has 0 saturated carbocycles. The molecule has 1 atom stereocenters. The summed E-state index contributed by atoms with van der Waals surface area (Å²) in [5.41, 5.74) is 0.432. The molecule has 90 valence electrons.